The van der Waals surface area contributed by atoms with Crippen molar-refractivity contribution >= 4 is 24.2 Å². The van der Waals surface area contributed by atoms with Gasteiger partial charge in [0.15, 0.2) is 0 Å². The van der Waals surface area contributed by atoms with Crippen molar-refractivity contribution in [3.63, 3.8) is 0 Å². The Kier molecular flexibility index (Phi) is 5.23. The lowest BCUT2D eigenvalue weighted by Gasteiger charge is -1.96. The third-order valence-electron chi connectivity index (χ3n) is 0.760. The summed E-state index contributed by atoms with van der Waals surface area (Å²) in [5.74, 6) is 0.955. The Morgan fingerprint density at radius 2 is 2.29 bits per heavy atom. The largest absolute Gasteiger partial charge is 0.179 e. The molecule has 0 rings (SSSR count). The number of thiol groups is 1. The van der Waals surface area contributed by atoms with E-state index >= 15 is 0 Å². The van der Waals surface area contributed by atoms with E-state index in [0.717, 1.165) is 18.6 Å². The quantitative estimate of drug-likeness (QED) is 0.449. The molecule has 0 N–H and O–H groups in total. The highest BCUT2D eigenvalue weighted by molar-refractivity contribution is 7.80. The highest BCUT2D eigenvalue weighted by Gasteiger charge is 1.91. The average Bonchev–Trinajstić information content (AvgIpc) is 1.61. The zero-order valence-electron chi connectivity index (χ0n) is 4.52. The molecule has 0 bridgehead atoms. The molecular weight excluding hydrogens is 128 g/mol. The van der Waals surface area contributed by atoms with Crippen LogP contribution in [0.4, 0.5) is 0 Å². The van der Waals surface area contributed by atoms with Crippen LogP contribution < -0.4 is 0 Å². The number of hydrogen-bond donors (Lipinski definition) is 1. The molecule has 0 saturated carbocycles. The van der Waals surface area contributed by atoms with Gasteiger partial charge in [0.2, 0.25) is 0 Å². The molecule has 0 aliphatic carbocycles. The minimum Gasteiger partial charge on any atom is -0.179 e. The summed E-state index contributed by atoms with van der Waals surface area (Å²) in [4.78, 5) is 0. The number of halogens is 1. The van der Waals surface area contributed by atoms with Crippen LogP contribution in [0.2, 0.25) is 0 Å². The van der Waals surface area contributed by atoms with Crippen LogP contribution >= 0.6 is 24.2 Å². The first-order chi connectivity index (χ1) is 3.27. The highest BCUT2D eigenvalue weighted by Crippen LogP contribution is 2.03. The molecule has 7 heavy (non-hydrogen) atoms. The van der Waals surface area contributed by atoms with Crippen LogP contribution in [0.5, 0.6) is 0 Å². The van der Waals surface area contributed by atoms with Crippen LogP contribution in [0.3, 0.4) is 0 Å². The smallest absolute Gasteiger partial charge is 0.0308 e. The molecule has 0 aromatic carbocycles. The Hall–Kier alpha value is 0.640. The third kappa shape index (κ3) is 6.64. The fourth-order valence-corrected chi connectivity index (χ4v) is 0.709. The van der Waals surface area contributed by atoms with Crippen LogP contribution in [0, 0.1) is 0 Å². The summed E-state index contributed by atoms with van der Waals surface area (Å²) in [5, 5.41) is 0.326. The van der Waals surface area contributed by atoms with E-state index < -0.39 is 0 Å². The van der Waals surface area contributed by atoms with Gasteiger partial charge in [-0.1, -0.05) is 0 Å². The predicted octanol–water partition coefficient (Wildman–Crippen LogP) is 2.32. The predicted molar refractivity (Wildman–Crippen MR) is 38.4 cm³/mol. The summed E-state index contributed by atoms with van der Waals surface area (Å²) in [6.07, 6.45) is 2.22. The Morgan fingerprint density at radius 3 is 2.43 bits per heavy atom. The van der Waals surface area contributed by atoms with Crippen molar-refractivity contribution in [2.45, 2.75) is 25.1 Å². The minimum absolute atomic E-state index is 0.326. The molecule has 0 aromatic heterocycles. The van der Waals surface area contributed by atoms with Gasteiger partial charge in [0.05, 0.1) is 0 Å². The zero-order chi connectivity index (χ0) is 5.70. The van der Waals surface area contributed by atoms with Crippen LogP contribution in [0.1, 0.15) is 19.8 Å². The summed E-state index contributed by atoms with van der Waals surface area (Å²) >= 11 is 9.66. The Bertz CT molecular complexity index is 37.1. The minimum atomic E-state index is 0.326. The first-order valence-electron chi connectivity index (χ1n) is 2.52. The summed E-state index contributed by atoms with van der Waals surface area (Å²) in [5.41, 5.74) is 0. The second kappa shape index (κ2) is 4.79. The molecule has 1 unspecified atom stereocenters. The molecule has 0 spiro atoms. The van der Waals surface area contributed by atoms with Gasteiger partial charge >= 0.3 is 0 Å². The molecule has 0 saturated heterocycles. The van der Waals surface area contributed by atoms with Gasteiger partial charge in [0, 0.05) is 5.38 Å². The van der Waals surface area contributed by atoms with Crippen molar-refractivity contribution in [2.24, 2.45) is 0 Å². The van der Waals surface area contributed by atoms with E-state index in [1.54, 1.807) is 0 Å². The molecule has 0 fully saturated rings. The van der Waals surface area contributed by atoms with Gasteiger partial charge in [-0.15, -0.1) is 11.6 Å². The van der Waals surface area contributed by atoms with E-state index in [2.05, 4.69) is 12.6 Å². The van der Waals surface area contributed by atoms with E-state index in [1.165, 1.54) is 0 Å². The third-order valence-corrected chi connectivity index (χ3v) is 1.29. The zero-order valence-corrected chi connectivity index (χ0v) is 6.17. The van der Waals surface area contributed by atoms with Crippen molar-refractivity contribution < 1.29 is 0 Å². The van der Waals surface area contributed by atoms with Gasteiger partial charge in [0.25, 0.3) is 0 Å². The maximum absolute atomic E-state index is 5.62. The lowest BCUT2D eigenvalue weighted by Crippen LogP contribution is -1.89. The van der Waals surface area contributed by atoms with Gasteiger partial charge in [-0.2, -0.15) is 12.6 Å². The molecule has 0 aromatic rings. The topological polar surface area (TPSA) is 0 Å². The maximum atomic E-state index is 5.62. The van der Waals surface area contributed by atoms with E-state index in [0.29, 0.717) is 5.38 Å². The van der Waals surface area contributed by atoms with E-state index in [9.17, 15) is 0 Å². The van der Waals surface area contributed by atoms with Crippen molar-refractivity contribution in [1.29, 1.82) is 0 Å². The van der Waals surface area contributed by atoms with E-state index in [1.807, 2.05) is 6.92 Å². The maximum Gasteiger partial charge on any atom is 0.0308 e. The fourth-order valence-electron chi connectivity index (χ4n) is 0.373. The second-order valence-corrected chi connectivity index (χ2v) is 2.84. The average molecular weight is 139 g/mol. The van der Waals surface area contributed by atoms with Crippen LogP contribution in [0.15, 0.2) is 0 Å². The number of alkyl halides is 1. The number of rotatable bonds is 3. The molecule has 0 radical (unpaired) electrons. The normalized spacial score (nSPS) is 14.1. The summed E-state index contributed by atoms with van der Waals surface area (Å²) in [7, 11) is 0. The lowest BCUT2D eigenvalue weighted by molar-refractivity contribution is 0.788. The summed E-state index contributed by atoms with van der Waals surface area (Å²) in [6, 6.07) is 0. The van der Waals surface area contributed by atoms with Crippen molar-refractivity contribution in [1.82, 2.24) is 0 Å². The monoisotopic (exact) mass is 138 g/mol. The van der Waals surface area contributed by atoms with E-state index in [-0.39, 0.29) is 0 Å². The first kappa shape index (κ1) is 7.64. The SMILES string of the molecule is CC(Cl)CCCS. The van der Waals surface area contributed by atoms with Gasteiger partial charge in [-0.25, -0.2) is 0 Å². The molecule has 44 valence electrons. The van der Waals surface area contributed by atoms with Crippen LogP contribution in [-0.2, 0) is 0 Å². The summed E-state index contributed by atoms with van der Waals surface area (Å²) < 4.78 is 0. The van der Waals surface area contributed by atoms with Crippen LogP contribution in [0.25, 0.3) is 0 Å². The Labute approximate surface area is 55.7 Å². The molecule has 0 aliphatic rings. The van der Waals surface area contributed by atoms with Crippen molar-refractivity contribution in [3.8, 4) is 0 Å². The standard InChI is InChI=1S/C5H11ClS/c1-5(6)3-2-4-7/h5,7H,2-4H2,1H3. The van der Waals surface area contributed by atoms with Crippen LogP contribution in [-0.4, -0.2) is 11.1 Å². The Morgan fingerprint density at radius 1 is 1.71 bits per heavy atom. The Balaban J connectivity index is 2.68. The molecular formula is C5H11ClS. The van der Waals surface area contributed by atoms with Gasteiger partial charge in [0.1, 0.15) is 0 Å². The first-order valence-corrected chi connectivity index (χ1v) is 3.59. The molecule has 0 aliphatic heterocycles. The van der Waals surface area contributed by atoms with Crippen molar-refractivity contribution in [3.05, 3.63) is 0 Å². The second-order valence-electron chi connectivity index (χ2n) is 1.65. The molecule has 1 atom stereocenters. The fraction of sp³-hybridized carbons (Fsp3) is 1.00. The van der Waals surface area contributed by atoms with Gasteiger partial charge in [-0.05, 0) is 25.5 Å². The summed E-state index contributed by atoms with van der Waals surface area (Å²) in [6.45, 7) is 2.00. The molecule has 0 amide bonds. The molecule has 0 heterocycles. The van der Waals surface area contributed by atoms with E-state index in [4.69, 9.17) is 11.6 Å². The molecule has 0 nitrogen and oxygen atoms in total. The van der Waals surface area contributed by atoms with Crippen molar-refractivity contribution in [2.75, 3.05) is 5.75 Å². The number of hydrogen-bond acceptors (Lipinski definition) is 1. The lowest BCUT2D eigenvalue weighted by atomic mass is 10.3. The highest BCUT2D eigenvalue weighted by atomic mass is 35.5. The van der Waals surface area contributed by atoms with Gasteiger partial charge in [-0.3, -0.25) is 0 Å². The molecule has 2 heteroatoms. The van der Waals surface area contributed by atoms with Gasteiger partial charge < -0.3 is 0 Å².